The van der Waals surface area contributed by atoms with Crippen LogP contribution in [0.15, 0.2) is 60.7 Å². The van der Waals surface area contributed by atoms with Crippen LogP contribution in [0, 0.1) is 12.7 Å². The van der Waals surface area contributed by atoms with Gasteiger partial charge in [0.1, 0.15) is 11.2 Å². The Morgan fingerprint density at radius 3 is 2.39 bits per heavy atom. The van der Waals surface area contributed by atoms with Crippen LogP contribution in [-0.4, -0.2) is 22.7 Å². The summed E-state index contributed by atoms with van der Waals surface area (Å²) in [5.74, 6) is -1.03. The Hall–Kier alpha value is -2.83. The minimum atomic E-state index is -0.971. The Labute approximate surface area is 219 Å². The monoisotopic (exact) mass is 523 g/mol. The number of thioether (sulfide) groups is 1. The second-order valence-corrected chi connectivity index (χ2v) is 11.2. The smallest absolute Gasteiger partial charge is 0.335 e. The average molecular weight is 524 g/mol. The van der Waals surface area contributed by atoms with E-state index in [4.69, 9.17) is 11.6 Å². The fraction of sp³-hybridized carbons (Fsp3) is 0.310. The van der Waals surface area contributed by atoms with E-state index in [9.17, 15) is 19.1 Å². The van der Waals surface area contributed by atoms with Crippen molar-refractivity contribution in [2.24, 2.45) is 0 Å². The lowest BCUT2D eigenvalue weighted by Gasteiger charge is -2.33. The van der Waals surface area contributed by atoms with Gasteiger partial charge >= 0.3 is 5.97 Å². The number of anilines is 1. The van der Waals surface area contributed by atoms with E-state index < -0.39 is 5.97 Å². The standard InChI is InChI=1S/C29H27ClFNO3S/c1-18-24(16-29(14-2-3-15-29)20-6-8-21(30)9-7-20)23(28(34)35)12-13-25(18)32-26(33)17-36-27(32)19-4-10-22(31)11-5-19/h4-13,27H,2-3,14-17H2,1H3,(H,34,35). The zero-order chi connectivity index (χ0) is 25.4. The largest absolute Gasteiger partial charge is 0.478 e. The first-order valence-corrected chi connectivity index (χ1v) is 13.5. The van der Waals surface area contributed by atoms with E-state index in [1.54, 1.807) is 29.2 Å². The highest BCUT2D eigenvalue weighted by molar-refractivity contribution is 8.00. The third-order valence-corrected chi connectivity index (χ3v) is 9.08. The van der Waals surface area contributed by atoms with Crippen molar-refractivity contribution in [2.45, 2.75) is 49.8 Å². The van der Waals surface area contributed by atoms with Crippen LogP contribution in [-0.2, 0) is 16.6 Å². The molecule has 3 aromatic carbocycles. The highest BCUT2D eigenvalue weighted by Gasteiger charge is 2.39. The van der Waals surface area contributed by atoms with E-state index in [0.29, 0.717) is 22.9 Å². The minimum Gasteiger partial charge on any atom is -0.478 e. The van der Waals surface area contributed by atoms with Crippen molar-refractivity contribution >= 4 is 40.9 Å². The lowest BCUT2D eigenvalue weighted by molar-refractivity contribution is -0.115. The molecule has 1 atom stereocenters. The molecule has 0 aromatic heterocycles. The molecule has 186 valence electrons. The predicted molar refractivity (Wildman–Crippen MR) is 143 cm³/mol. The number of hydrogen-bond donors (Lipinski definition) is 1. The first-order chi connectivity index (χ1) is 17.3. The number of carboxylic acids is 1. The van der Waals surface area contributed by atoms with E-state index in [0.717, 1.165) is 42.4 Å². The summed E-state index contributed by atoms with van der Waals surface area (Å²) in [5.41, 5.74) is 4.37. The van der Waals surface area contributed by atoms with Crippen LogP contribution in [0.25, 0.3) is 0 Å². The second kappa shape index (κ2) is 9.91. The van der Waals surface area contributed by atoms with Crippen molar-refractivity contribution in [1.29, 1.82) is 0 Å². The summed E-state index contributed by atoms with van der Waals surface area (Å²) >= 11 is 7.65. The van der Waals surface area contributed by atoms with E-state index in [2.05, 4.69) is 12.1 Å². The molecule has 7 heteroatoms. The van der Waals surface area contributed by atoms with Gasteiger partial charge in [-0.1, -0.05) is 48.7 Å². The summed E-state index contributed by atoms with van der Waals surface area (Å²) < 4.78 is 13.5. The molecule has 1 heterocycles. The van der Waals surface area contributed by atoms with Gasteiger partial charge in [-0.25, -0.2) is 9.18 Å². The quantitative estimate of drug-likeness (QED) is 0.368. The Morgan fingerprint density at radius 1 is 1.08 bits per heavy atom. The van der Waals surface area contributed by atoms with Crippen molar-refractivity contribution in [1.82, 2.24) is 0 Å². The van der Waals surface area contributed by atoms with E-state index >= 15 is 0 Å². The van der Waals surface area contributed by atoms with Crippen LogP contribution in [0.2, 0.25) is 5.02 Å². The minimum absolute atomic E-state index is 0.0419. The maximum atomic E-state index is 13.5. The zero-order valence-electron chi connectivity index (χ0n) is 20.0. The molecule has 1 aliphatic carbocycles. The number of rotatable bonds is 6. The number of halogens is 2. The van der Waals surface area contributed by atoms with Crippen LogP contribution in [0.4, 0.5) is 10.1 Å². The molecule has 4 nitrogen and oxygen atoms in total. The predicted octanol–water partition coefficient (Wildman–Crippen LogP) is 7.32. The molecular weight excluding hydrogens is 497 g/mol. The molecule has 1 N–H and O–H groups in total. The summed E-state index contributed by atoms with van der Waals surface area (Å²) in [6.45, 7) is 1.92. The van der Waals surface area contributed by atoms with Gasteiger partial charge in [0.15, 0.2) is 0 Å². The van der Waals surface area contributed by atoms with Gasteiger partial charge < -0.3 is 5.11 Å². The molecule has 0 spiro atoms. The number of carbonyl (C=O) groups is 2. The summed E-state index contributed by atoms with van der Waals surface area (Å²) in [7, 11) is 0. The highest BCUT2D eigenvalue weighted by Crippen LogP contribution is 2.47. The van der Waals surface area contributed by atoms with Gasteiger partial charge in [-0.2, -0.15) is 0 Å². The molecule has 3 aromatic rings. The number of amides is 1. The third-order valence-electron chi connectivity index (χ3n) is 7.62. The first kappa shape index (κ1) is 24.8. The number of benzene rings is 3. The molecule has 5 rings (SSSR count). The van der Waals surface area contributed by atoms with Gasteiger partial charge in [0.25, 0.3) is 0 Å². The van der Waals surface area contributed by atoms with Crippen LogP contribution < -0.4 is 4.90 Å². The molecule has 0 bridgehead atoms. The Balaban J connectivity index is 1.60. The Kier molecular flexibility index (Phi) is 6.84. The van der Waals surface area contributed by atoms with E-state index in [1.165, 1.54) is 29.5 Å². The summed E-state index contributed by atoms with van der Waals surface area (Å²) in [4.78, 5) is 27.1. The molecule has 1 saturated heterocycles. The maximum Gasteiger partial charge on any atom is 0.335 e. The summed E-state index contributed by atoms with van der Waals surface area (Å²) in [6, 6.07) is 17.5. The zero-order valence-corrected chi connectivity index (χ0v) is 21.5. The van der Waals surface area contributed by atoms with Crippen molar-refractivity contribution in [2.75, 3.05) is 10.7 Å². The van der Waals surface area contributed by atoms with Crippen molar-refractivity contribution in [3.63, 3.8) is 0 Å². The molecule has 1 amide bonds. The van der Waals surface area contributed by atoms with Gasteiger partial charge in [-0.05, 0) is 90.3 Å². The van der Waals surface area contributed by atoms with Crippen molar-refractivity contribution in [3.8, 4) is 0 Å². The molecule has 1 saturated carbocycles. The van der Waals surface area contributed by atoms with Crippen molar-refractivity contribution < 1.29 is 19.1 Å². The fourth-order valence-corrected chi connectivity index (χ4v) is 7.05. The first-order valence-electron chi connectivity index (χ1n) is 12.1. The molecule has 2 fully saturated rings. The fourth-order valence-electron chi connectivity index (χ4n) is 5.75. The topological polar surface area (TPSA) is 57.6 Å². The van der Waals surface area contributed by atoms with Crippen LogP contribution >= 0.6 is 23.4 Å². The lowest BCUT2D eigenvalue weighted by Crippen LogP contribution is -2.30. The number of nitrogens with zero attached hydrogens (tertiary/aromatic N) is 1. The van der Waals surface area contributed by atoms with Gasteiger partial charge in [0.05, 0.1) is 11.3 Å². The van der Waals surface area contributed by atoms with Gasteiger partial charge in [0.2, 0.25) is 5.91 Å². The van der Waals surface area contributed by atoms with Gasteiger partial charge in [0, 0.05) is 10.7 Å². The van der Waals surface area contributed by atoms with Gasteiger partial charge in [-0.15, -0.1) is 11.8 Å². The molecule has 36 heavy (non-hydrogen) atoms. The second-order valence-electron chi connectivity index (χ2n) is 9.69. The number of carboxylic acid groups (broad SMARTS) is 1. The number of hydrogen-bond acceptors (Lipinski definition) is 3. The van der Waals surface area contributed by atoms with Crippen LogP contribution in [0.1, 0.15) is 63.7 Å². The lowest BCUT2D eigenvalue weighted by atomic mass is 9.72. The average Bonchev–Trinajstić information content (AvgIpc) is 3.49. The van der Waals surface area contributed by atoms with Crippen LogP contribution in [0.5, 0.6) is 0 Å². The Morgan fingerprint density at radius 2 is 1.75 bits per heavy atom. The van der Waals surface area contributed by atoms with E-state index in [1.807, 2.05) is 19.1 Å². The van der Waals surface area contributed by atoms with E-state index in [-0.39, 0.29) is 28.1 Å². The van der Waals surface area contributed by atoms with Gasteiger partial charge in [-0.3, -0.25) is 9.69 Å². The van der Waals surface area contributed by atoms with Crippen LogP contribution in [0.3, 0.4) is 0 Å². The Bertz CT molecular complexity index is 1300. The maximum absolute atomic E-state index is 13.5. The summed E-state index contributed by atoms with van der Waals surface area (Å²) in [6.07, 6.45) is 4.67. The third kappa shape index (κ3) is 4.53. The molecule has 0 radical (unpaired) electrons. The molecule has 2 aliphatic rings. The number of aromatic carboxylic acids is 1. The molecule has 1 aliphatic heterocycles. The SMILES string of the molecule is Cc1c(N2C(=O)CSC2c2ccc(F)cc2)ccc(C(=O)O)c1CC1(c2ccc(Cl)cc2)CCCC1. The van der Waals surface area contributed by atoms with Crippen molar-refractivity contribution in [3.05, 3.63) is 99.3 Å². The number of carbonyl (C=O) groups excluding carboxylic acids is 1. The highest BCUT2D eigenvalue weighted by atomic mass is 35.5. The normalized spacial score (nSPS) is 19.1. The molecular formula is C29H27ClFNO3S. The molecule has 1 unspecified atom stereocenters. The summed E-state index contributed by atoms with van der Waals surface area (Å²) in [5, 5.41) is 10.5.